The lowest BCUT2D eigenvalue weighted by molar-refractivity contribution is 0.284. The highest BCUT2D eigenvalue weighted by atomic mass is 32.2. The molecule has 0 saturated carbocycles. The first-order valence-corrected chi connectivity index (χ1v) is 6.14. The van der Waals surface area contributed by atoms with Gasteiger partial charge in [0, 0.05) is 0 Å². The van der Waals surface area contributed by atoms with Crippen LogP contribution in [0.4, 0.5) is 0 Å². The van der Waals surface area contributed by atoms with Crippen LogP contribution in [0.1, 0.15) is 22.0 Å². The van der Waals surface area contributed by atoms with E-state index in [4.69, 9.17) is 5.11 Å². The minimum Gasteiger partial charge on any atom is -0.391 e. The molecule has 2 rings (SSSR count). The molecule has 0 aromatic carbocycles. The number of aliphatic hydroxyl groups is 1. The topological polar surface area (TPSA) is 33.1 Å². The molecule has 4 heteroatoms. The summed E-state index contributed by atoms with van der Waals surface area (Å²) in [5, 5.41) is 14.3. The first-order chi connectivity index (χ1) is 6.81. The van der Waals surface area contributed by atoms with Gasteiger partial charge in [0.15, 0.2) is 0 Å². The minimum absolute atomic E-state index is 0.0970. The van der Waals surface area contributed by atoms with E-state index in [1.54, 1.807) is 23.1 Å². The van der Waals surface area contributed by atoms with Crippen molar-refractivity contribution in [2.75, 3.05) is 0 Å². The van der Waals surface area contributed by atoms with Gasteiger partial charge in [-0.2, -0.15) is 0 Å². The highest BCUT2D eigenvalue weighted by Crippen LogP contribution is 2.31. The lowest BCUT2D eigenvalue weighted by Crippen LogP contribution is -1.84. The van der Waals surface area contributed by atoms with Gasteiger partial charge in [-0.25, -0.2) is 4.98 Å². The number of hydrogen-bond donors (Lipinski definition) is 1. The Labute approximate surface area is 91.4 Å². The molecule has 1 aliphatic rings. The zero-order chi connectivity index (χ0) is 9.97. The minimum atomic E-state index is 0.0970. The van der Waals surface area contributed by atoms with Crippen molar-refractivity contribution in [2.45, 2.75) is 20.0 Å². The molecule has 2 nitrogen and oxygen atoms in total. The van der Waals surface area contributed by atoms with E-state index in [0.717, 1.165) is 22.0 Å². The zero-order valence-corrected chi connectivity index (χ0v) is 9.49. The van der Waals surface area contributed by atoms with Crippen LogP contribution in [0.15, 0.2) is 16.9 Å². The predicted octanol–water partition coefficient (Wildman–Crippen LogP) is 2.94. The van der Waals surface area contributed by atoms with E-state index in [-0.39, 0.29) is 6.61 Å². The van der Waals surface area contributed by atoms with Crippen molar-refractivity contribution < 1.29 is 5.11 Å². The summed E-state index contributed by atoms with van der Waals surface area (Å²) < 4.78 is 0. The third-order valence-corrected chi connectivity index (χ3v) is 4.02. The van der Waals surface area contributed by atoms with Crippen LogP contribution >= 0.6 is 23.1 Å². The van der Waals surface area contributed by atoms with E-state index >= 15 is 0 Å². The first kappa shape index (κ1) is 9.96. The van der Waals surface area contributed by atoms with Gasteiger partial charge >= 0.3 is 0 Å². The summed E-state index contributed by atoms with van der Waals surface area (Å²) in [7, 11) is 0. The molecule has 1 N–H and O–H groups in total. The van der Waals surface area contributed by atoms with Gasteiger partial charge < -0.3 is 5.11 Å². The van der Waals surface area contributed by atoms with Crippen molar-refractivity contribution in [2.24, 2.45) is 0 Å². The second-order valence-corrected chi connectivity index (χ2v) is 4.90. The molecule has 0 spiro atoms. The molecule has 0 saturated heterocycles. The maximum Gasteiger partial charge on any atom is 0.120 e. The van der Waals surface area contributed by atoms with Crippen LogP contribution in [0, 0.1) is 6.92 Å². The standard InChI is InChI=1S/C10H11NOS2/c1-7-9(5-12)14-10(11-7)8-3-2-4-13-6-8/h2,4,6,12H,3,5H2,1H3. The van der Waals surface area contributed by atoms with Crippen LogP contribution in [0.3, 0.4) is 0 Å². The fraction of sp³-hybridized carbons (Fsp3) is 0.300. The molecule has 0 radical (unpaired) electrons. The van der Waals surface area contributed by atoms with Crippen LogP contribution in [0.2, 0.25) is 0 Å². The second-order valence-electron chi connectivity index (χ2n) is 3.04. The molecule has 1 aromatic rings. The zero-order valence-electron chi connectivity index (χ0n) is 7.86. The van der Waals surface area contributed by atoms with E-state index in [0.29, 0.717) is 0 Å². The fourth-order valence-electron chi connectivity index (χ4n) is 1.25. The van der Waals surface area contributed by atoms with Gasteiger partial charge in [0.1, 0.15) is 5.01 Å². The molecule has 0 unspecified atom stereocenters. The number of aryl methyl sites for hydroxylation is 1. The van der Waals surface area contributed by atoms with E-state index in [1.807, 2.05) is 6.92 Å². The molecule has 2 heterocycles. The van der Waals surface area contributed by atoms with Gasteiger partial charge in [-0.3, -0.25) is 0 Å². The molecule has 0 aliphatic carbocycles. The molecule has 14 heavy (non-hydrogen) atoms. The number of hydrogen-bond acceptors (Lipinski definition) is 4. The number of thiazole rings is 1. The molecular formula is C10H11NOS2. The predicted molar refractivity (Wildman–Crippen MR) is 62.1 cm³/mol. The van der Waals surface area contributed by atoms with Crippen LogP contribution in [0.5, 0.6) is 0 Å². The van der Waals surface area contributed by atoms with Gasteiger partial charge in [-0.1, -0.05) is 6.08 Å². The van der Waals surface area contributed by atoms with Crippen LogP contribution in [0.25, 0.3) is 5.57 Å². The summed E-state index contributed by atoms with van der Waals surface area (Å²) in [6.45, 7) is 2.04. The third kappa shape index (κ3) is 1.92. The summed E-state index contributed by atoms with van der Waals surface area (Å²) in [5.74, 6) is 0. The SMILES string of the molecule is Cc1nc(C2=CSC=CC2)sc1CO. The fourth-order valence-corrected chi connectivity index (χ4v) is 2.93. The van der Waals surface area contributed by atoms with Gasteiger partial charge in [0.2, 0.25) is 0 Å². The lowest BCUT2D eigenvalue weighted by atomic mass is 10.2. The van der Waals surface area contributed by atoms with Crippen LogP contribution in [-0.4, -0.2) is 10.1 Å². The van der Waals surface area contributed by atoms with Gasteiger partial charge in [-0.05, 0) is 29.7 Å². The Balaban J connectivity index is 2.28. The normalized spacial score (nSPS) is 15.7. The van der Waals surface area contributed by atoms with Crippen molar-refractivity contribution in [3.63, 3.8) is 0 Å². The van der Waals surface area contributed by atoms with Crippen molar-refractivity contribution in [3.05, 3.63) is 32.5 Å². The maximum absolute atomic E-state index is 9.06. The van der Waals surface area contributed by atoms with Crippen molar-refractivity contribution in [1.82, 2.24) is 4.98 Å². The Morgan fingerprint density at radius 1 is 1.57 bits per heavy atom. The number of thioether (sulfide) groups is 1. The molecule has 1 aliphatic heterocycles. The molecule has 0 fully saturated rings. The number of aliphatic hydroxyl groups excluding tert-OH is 1. The van der Waals surface area contributed by atoms with Crippen molar-refractivity contribution in [3.8, 4) is 0 Å². The van der Waals surface area contributed by atoms with E-state index in [1.165, 1.54) is 5.57 Å². The molecule has 0 atom stereocenters. The van der Waals surface area contributed by atoms with Crippen LogP contribution < -0.4 is 0 Å². The Kier molecular flexibility index (Phi) is 3.05. The van der Waals surface area contributed by atoms with E-state index in [9.17, 15) is 0 Å². The number of nitrogens with zero attached hydrogens (tertiary/aromatic N) is 1. The molecule has 1 aromatic heterocycles. The quantitative estimate of drug-likeness (QED) is 0.840. The summed E-state index contributed by atoms with van der Waals surface area (Å²) in [6, 6.07) is 0. The molecule has 74 valence electrons. The Morgan fingerprint density at radius 2 is 2.43 bits per heavy atom. The van der Waals surface area contributed by atoms with E-state index < -0.39 is 0 Å². The third-order valence-electron chi connectivity index (χ3n) is 2.03. The van der Waals surface area contributed by atoms with Crippen molar-refractivity contribution in [1.29, 1.82) is 0 Å². The average Bonchev–Trinajstić information content (AvgIpc) is 2.61. The Morgan fingerprint density at radius 3 is 3.00 bits per heavy atom. The van der Waals surface area contributed by atoms with Crippen molar-refractivity contribution >= 4 is 28.7 Å². The summed E-state index contributed by atoms with van der Waals surface area (Å²) in [6.07, 6.45) is 3.08. The largest absolute Gasteiger partial charge is 0.391 e. The Hall–Kier alpha value is -0.580. The summed E-state index contributed by atoms with van der Waals surface area (Å²) in [5.41, 5.74) is 2.21. The number of rotatable bonds is 2. The lowest BCUT2D eigenvalue weighted by Gasteiger charge is -2.02. The monoisotopic (exact) mass is 225 g/mol. The first-order valence-electron chi connectivity index (χ1n) is 4.38. The van der Waals surface area contributed by atoms with E-state index in [2.05, 4.69) is 21.9 Å². The summed E-state index contributed by atoms with van der Waals surface area (Å²) in [4.78, 5) is 5.42. The molecule has 0 bridgehead atoms. The number of aromatic nitrogens is 1. The molecule has 0 amide bonds. The average molecular weight is 225 g/mol. The smallest absolute Gasteiger partial charge is 0.120 e. The second kappa shape index (κ2) is 4.29. The van der Waals surface area contributed by atoms with Gasteiger partial charge in [0.05, 0.1) is 17.2 Å². The highest BCUT2D eigenvalue weighted by molar-refractivity contribution is 8.05. The Bertz CT molecular complexity index is 393. The highest BCUT2D eigenvalue weighted by Gasteiger charge is 2.10. The summed E-state index contributed by atoms with van der Waals surface area (Å²) >= 11 is 3.27. The van der Waals surface area contributed by atoms with Gasteiger partial charge in [-0.15, -0.1) is 23.1 Å². The number of allylic oxidation sites excluding steroid dienone is 2. The van der Waals surface area contributed by atoms with Crippen LogP contribution in [-0.2, 0) is 6.61 Å². The van der Waals surface area contributed by atoms with Gasteiger partial charge in [0.25, 0.3) is 0 Å². The maximum atomic E-state index is 9.06. The molecular weight excluding hydrogens is 214 g/mol.